The highest BCUT2D eigenvalue weighted by Crippen LogP contribution is 2.56. The third-order valence-corrected chi connectivity index (χ3v) is 6.24. The van der Waals surface area contributed by atoms with E-state index in [2.05, 4.69) is 32.7 Å². The first-order valence-electron chi connectivity index (χ1n) is 8.99. The van der Waals surface area contributed by atoms with Gasteiger partial charge >= 0.3 is 5.97 Å². The predicted octanol–water partition coefficient (Wildman–Crippen LogP) is 3.55. The molecule has 0 spiro atoms. The summed E-state index contributed by atoms with van der Waals surface area (Å²) < 4.78 is 5.78. The minimum Gasteiger partial charge on any atom is -0.462 e. The van der Waals surface area contributed by atoms with Gasteiger partial charge in [0.05, 0.1) is 5.92 Å². The fourth-order valence-electron chi connectivity index (χ4n) is 5.02. The van der Waals surface area contributed by atoms with Crippen LogP contribution in [0.2, 0.25) is 0 Å². The van der Waals surface area contributed by atoms with Crippen molar-refractivity contribution >= 4 is 5.97 Å². The molecule has 1 heterocycles. The first kappa shape index (κ1) is 16.0. The van der Waals surface area contributed by atoms with Crippen molar-refractivity contribution < 1.29 is 9.53 Å². The summed E-state index contributed by atoms with van der Waals surface area (Å²) in [6.07, 6.45) is 5.95. The van der Waals surface area contributed by atoms with Crippen LogP contribution in [0.3, 0.4) is 0 Å². The molecule has 3 fully saturated rings. The van der Waals surface area contributed by atoms with Gasteiger partial charge in [-0.3, -0.25) is 4.79 Å². The summed E-state index contributed by atoms with van der Waals surface area (Å²) in [6.45, 7) is 12.9. The number of nitrogens with one attached hydrogen (secondary N) is 1. The van der Waals surface area contributed by atoms with Gasteiger partial charge in [0.2, 0.25) is 0 Å². The second kappa shape index (κ2) is 5.99. The molecule has 0 bridgehead atoms. The van der Waals surface area contributed by atoms with Crippen LogP contribution in [0.25, 0.3) is 0 Å². The number of carbonyl (C=O) groups excluding carboxylic acids is 1. The molecule has 3 nitrogen and oxygen atoms in total. The van der Waals surface area contributed by atoms with E-state index in [1.165, 1.54) is 24.8 Å². The third kappa shape index (κ3) is 2.84. The number of hydrogen-bond donors (Lipinski definition) is 1. The Hall–Kier alpha value is -0.830. The predicted molar refractivity (Wildman–Crippen MR) is 88.4 cm³/mol. The molecule has 22 heavy (non-hydrogen) atoms. The quantitative estimate of drug-likeness (QED) is 0.637. The van der Waals surface area contributed by atoms with E-state index in [-0.39, 0.29) is 18.0 Å². The Balaban J connectivity index is 1.70. The molecule has 0 aromatic carbocycles. The second-order valence-corrected chi connectivity index (χ2v) is 8.46. The van der Waals surface area contributed by atoms with Crippen molar-refractivity contribution in [2.75, 3.05) is 13.1 Å². The number of carbonyl (C=O) groups is 1. The lowest BCUT2D eigenvalue weighted by atomic mass is 9.55. The van der Waals surface area contributed by atoms with Crippen molar-refractivity contribution in [1.82, 2.24) is 5.32 Å². The molecule has 1 saturated heterocycles. The first-order valence-corrected chi connectivity index (χ1v) is 8.99. The maximum atomic E-state index is 12.3. The fourth-order valence-corrected chi connectivity index (χ4v) is 5.02. The van der Waals surface area contributed by atoms with Gasteiger partial charge in [0.1, 0.15) is 6.10 Å². The van der Waals surface area contributed by atoms with Gasteiger partial charge in [-0.15, -0.1) is 0 Å². The smallest absolute Gasteiger partial charge is 0.310 e. The van der Waals surface area contributed by atoms with Crippen LogP contribution in [0.4, 0.5) is 0 Å². The molecule has 0 amide bonds. The molecular weight excluding hydrogens is 274 g/mol. The molecule has 1 N–H and O–H groups in total. The number of rotatable bonds is 4. The lowest BCUT2D eigenvalue weighted by Crippen LogP contribution is -2.45. The maximum Gasteiger partial charge on any atom is 0.310 e. The van der Waals surface area contributed by atoms with Crippen LogP contribution >= 0.6 is 0 Å². The highest BCUT2D eigenvalue weighted by Gasteiger charge is 2.54. The third-order valence-electron chi connectivity index (χ3n) is 6.24. The first-order chi connectivity index (χ1) is 10.4. The average molecular weight is 305 g/mol. The monoisotopic (exact) mass is 305 g/mol. The normalized spacial score (nSPS) is 41.3. The van der Waals surface area contributed by atoms with Gasteiger partial charge in [0.25, 0.3) is 0 Å². The standard InChI is InChI=1S/C19H31NO2/c1-12(2)10-20-11-15-14-8-16-13(3)6-5-7-19(16,4)9-17(14)22-18(15)21/h12,14-17,20H,3,5-11H2,1-2,4H3/t14-,15?,16?,17-,19-/m1/s1. The largest absolute Gasteiger partial charge is 0.462 e. The molecule has 3 heteroatoms. The van der Waals surface area contributed by atoms with Crippen LogP contribution in [-0.4, -0.2) is 25.2 Å². The highest BCUT2D eigenvalue weighted by molar-refractivity contribution is 5.75. The Morgan fingerprint density at radius 1 is 1.45 bits per heavy atom. The maximum absolute atomic E-state index is 12.3. The zero-order valence-corrected chi connectivity index (χ0v) is 14.4. The number of fused-ring (bicyclic) bond motifs is 2. The van der Waals surface area contributed by atoms with E-state index < -0.39 is 0 Å². The number of hydrogen-bond acceptors (Lipinski definition) is 3. The minimum absolute atomic E-state index is 0.0270. The number of ether oxygens (including phenoxy) is 1. The fraction of sp³-hybridized carbons (Fsp3) is 0.842. The van der Waals surface area contributed by atoms with Crippen molar-refractivity contribution in [3.05, 3.63) is 12.2 Å². The molecule has 2 aliphatic carbocycles. The van der Waals surface area contributed by atoms with Crippen molar-refractivity contribution in [1.29, 1.82) is 0 Å². The van der Waals surface area contributed by atoms with E-state index >= 15 is 0 Å². The van der Waals surface area contributed by atoms with Crippen LogP contribution in [-0.2, 0) is 9.53 Å². The van der Waals surface area contributed by atoms with Crippen LogP contribution in [0.15, 0.2) is 12.2 Å². The van der Waals surface area contributed by atoms with Gasteiger partial charge in [0, 0.05) is 12.5 Å². The molecule has 5 atom stereocenters. The van der Waals surface area contributed by atoms with E-state index in [1.54, 1.807) is 0 Å². The van der Waals surface area contributed by atoms with Crippen molar-refractivity contribution in [2.24, 2.45) is 29.1 Å². The summed E-state index contributed by atoms with van der Waals surface area (Å²) in [5.74, 6) is 1.66. The van der Waals surface area contributed by atoms with Gasteiger partial charge < -0.3 is 10.1 Å². The number of allylic oxidation sites excluding steroid dienone is 1. The lowest BCUT2D eigenvalue weighted by molar-refractivity contribution is -0.146. The second-order valence-electron chi connectivity index (χ2n) is 8.46. The number of esters is 1. The molecule has 2 unspecified atom stereocenters. The van der Waals surface area contributed by atoms with Gasteiger partial charge in [-0.2, -0.15) is 0 Å². The zero-order valence-electron chi connectivity index (χ0n) is 14.4. The van der Waals surface area contributed by atoms with Gasteiger partial charge in [-0.1, -0.05) is 32.9 Å². The summed E-state index contributed by atoms with van der Waals surface area (Å²) in [7, 11) is 0. The summed E-state index contributed by atoms with van der Waals surface area (Å²) >= 11 is 0. The molecular formula is C19H31NO2. The zero-order chi connectivity index (χ0) is 15.9. The van der Waals surface area contributed by atoms with E-state index in [1.807, 2.05) is 0 Å². The molecule has 3 rings (SSSR count). The summed E-state index contributed by atoms with van der Waals surface area (Å²) in [5.41, 5.74) is 1.72. The Labute approximate surface area is 134 Å². The molecule has 124 valence electrons. The van der Waals surface area contributed by atoms with E-state index in [9.17, 15) is 4.79 Å². The van der Waals surface area contributed by atoms with Gasteiger partial charge in [-0.25, -0.2) is 0 Å². The summed E-state index contributed by atoms with van der Waals surface area (Å²) in [4.78, 5) is 12.3. The van der Waals surface area contributed by atoms with Gasteiger partial charge in [0.15, 0.2) is 0 Å². The van der Waals surface area contributed by atoms with Crippen molar-refractivity contribution in [3.8, 4) is 0 Å². The summed E-state index contributed by atoms with van der Waals surface area (Å²) in [5, 5.41) is 3.46. The SMILES string of the molecule is C=C1CCC[C@]2(C)C[C@H]3OC(=O)C(CNCC(C)C)[C@H]3CC12. The van der Waals surface area contributed by atoms with Crippen molar-refractivity contribution in [3.63, 3.8) is 0 Å². The van der Waals surface area contributed by atoms with Crippen molar-refractivity contribution in [2.45, 2.75) is 59.0 Å². The molecule has 0 aromatic heterocycles. The molecule has 3 aliphatic rings. The Kier molecular flexibility index (Phi) is 4.37. The molecule has 0 aromatic rings. The Morgan fingerprint density at radius 3 is 2.95 bits per heavy atom. The van der Waals surface area contributed by atoms with E-state index in [0.29, 0.717) is 23.2 Å². The Bertz CT molecular complexity index is 458. The topological polar surface area (TPSA) is 38.3 Å². The average Bonchev–Trinajstić information content (AvgIpc) is 2.71. The Morgan fingerprint density at radius 2 is 2.23 bits per heavy atom. The van der Waals surface area contributed by atoms with Gasteiger partial charge in [-0.05, 0) is 55.9 Å². The highest BCUT2D eigenvalue weighted by atomic mass is 16.6. The minimum atomic E-state index is 0.0270. The molecule has 2 saturated carbocycles. The van der Waals surface area contributed by atoms with Crippen LogP contribution in [0.5, 0.6) is 0 Å². The molecule has 1 aliphatic heterocycles. The van der Waals surface area contributed by atoms with Crippen LogP contribution < -0.4 is 5.32 Å². The van der Waals surface area contributed by atoms with Crippen LogP contribution in [0, 0.1) is 29.1 Å². The molecule has 0 radical (unpaired) electrons. The summed E-state index contributed by atoms with van der Waals surface area (Å²) in [6, 6.07) is 0. The van der Waals surface area contributed by atoms with E-state index in [4.69, 9.17) is 4.74 Å². The van der Waals surface area contributed by atoms with E-state index in [0.717, 1.165) is 25.9 Å². The van der Waals surface area contributed by atoms with Crippen LogP contribution in [0.1, 0.15) is 52.9 Å². The lowest BCUT2D eigenvalue weighted by Gasteiger charge is -2.50.